The third-order valence-electron chi connectivity index (χ3n) is 3.43. The first-order chi connectivity index (χ1) is 11.3. The molecule has 2 aromatic carbocycles. The number of rotatable bonds is 6. The molecule has 0 heterocycles. The van der Waals surface area contributed by atoms with Crippen LogP contribution < -0.4 is 14.8 Å². The number of nitrogens with one attached hydrogen (secondary N) is 2. The second kappa shape index (κ2) is 7.35. The number of hydrogen-bond donors (Lipinski definition) is 2. The first kappa shape index (κ1) is 17.8. The summed E-state index contributed by atoms with van der Waals surface area (Å²) in [5.74, 6) is 0.401. The molecule has 0 spiro atoms. The topological polar surface area (TPSA) is 84.5 Å². The highest BCUT2D eigenvalue weighted by atomic mass is 32.2. The number of para-hydroxylation sites is 1. The largest absolute Gasteiger partial charge is 0.496 e. The number of aryl methyl sites for hydroxylation is 1. The molecule has 0 unspecified atom stereocenters. The molecule has 0 saturated heterocycles. The maximum atomic E-state index is 12.3. The standard InChI is InChI=1S/C17H20N2O4S/c1-12-8-9-13(10-15(12)19-24(3,21)22)17(20)18-11-14-6-4-5-7-16(14)23-2/h4-10,19H,11H2,1-3H3,(H,18,20). The van der Waals surface area contributed by atoms with Crippen molar-refractivity contribution < 1.29 is 17.9 Å². The molecule has 1 amide bonds. The lowest BCUT2D eigenvalue weighted by molar-refractivity contribution is 0.0950. The zero-order chi connectivity index (χ0) is 17.7. The molecule has 0 bridgehead atoms. The number of benzene rings is 2. The maximum Gasteiger partial charge on any atom is 0.251 e. The van der Waals surface area contributed by atoms with Crippen molar-refractivity contribution in [3.8, 4) is 5.75 Å². The summed E-state index contributed by atoms with van der Waals surface area (Å²) in [6.45, 7) is 2.08. The molecule has 2 N–H and O–H groups in total. The van der Waals surface area contributed by atoms with Crippen molar-refractivity contribution in [3.63, 3.8) is 0 Å². The van der Waals surface area contributed by atoms with Crippen LogP contribution in [-0.2, 0) is 16.6 Å². The average Bonchev–Trinajstić information content (AvgIpc) is 2.53. The highest BCUT2D eigenvalue weighted by Gasteiger charge is 2.11. The number of hydrogen-bond acceptors (Lipinski definition) is 4. The van der Waals surface area contributed by atoms with E-state index >= 15 is 0 Å². The summed E-state index contributed by atoms with van der Waals surface area (Å²) in [5.41, 5.74) is 2.36. The van der Waals surface area contributed by atoms with Gasteiger partial charge in [-0.3, -0.25) is 9.52 Å². The molecule has 0 aliphatic rings. The highest BCUT2D eigenvalue weighted by Crippen LogP contribution is 2.19. The highest BCUT2D eigenvalue weighted by molar-refractivity contribution is 7.92. The molecule has 0 fully saturated rings. The van der Waals surface area contributed by atoms with Gasteiger partial charge >= 0.3 is 0 Å². The van der Waals surface area contributed by atoms with Crippen LogP contribution in [0.5, 0.6) is 5.75 Å². The van der Waals surface area contributed by atoms with E-state index in [0.717, 1.165) is 17.4 Å². The van der Waals surface area contributed by atoms with Crippen LogP contribution >= 0.6 is 0 Å². The van der Waals surface area contributed by atoms with Crippen molar-refractivity contribution in [3.05, 3.63) is 59.2 Å². The maximum absolute atomic E-state index is 12.3. The second-order valence-corrected chi connectivity index (χ2v) is 7.15. The Morgan fingerprint density at radius 2 is 1.88 bits per heavy atom. The van der Waals surface area contributed by atoms with Gasteiger partial charge in [-0.15, -0.1) is 0 Å². The number of amides is 1. The molecule has 0 aliphatic carbocycles. The van der Waals surface area contributed by atoms with Gasteiger partial charge in [-0.1, -0.05) is 24.3 Å². The molecule has 0 aromatic heterocycles. The molecule has 7 heteroatoms. The molecule has 6 nitrogen and oxygen atoms in total. The monoisotopic (exact) mass is 348 g/mol. The molecule has 2 rings (SSSR count). The minimum atomic E-state index is -3.40. The van der Waals surface area contributed by atoms with Crippen LogP contribution in [0, 0.1) is 6.92 Å². The summed E-state index contributed by atoms with van der Waals surface area (Å²) in [4.78, 5) is 12.3. The quantitative estimate of drug-likeness (QED) is 0.839. The SMILES string of the molecule is COc1ccccc1CNC(=O)c1ccc(C)c(NS(C)(=O)=O)c1. The lowest BCUT2D eigenvalue weighted by Gasteiger charge is -2.12. The van der Waals surface area contributed by atoms with Crippen molar-refractivity contribution in [2.75, 3.05) is 18.1 Å². The average molecular weight is 348 g/mol. The molecule has 0 radical (unpaired) electrons. The molecule has 128 valence electrons. The fourth-order valence-electron chi connectivity index (χ4n) is 2.20. The summed E-state index contributed by atoms with van der Waals surface area (Å²) in [7, 11) is -1.83. The van der Waals surface area contributed by atoms with Gasteiger partial charge in [0.2, 0.25) is 10.0 Å². The summed E-state index contributed by atoms with van der Waals surface area (Å²) in [6.07, 6.45) is 1.07. The third-order valence-corrected chi connectivity index (χ3v) is 4.02. The van der Waals surface area contributed by atoms with E-state index in [9.17, 15) is 13.2 Å². The fraction of sp³-hybridized carbons (Fsp3) is 0.235. The van der Waals surface area contributed by atoms with Crippen LogP contribution in [0.4, 0.5) is 5.69 Å². The lowest BCUT2D eigenvalue weighted by atomic mass is 10.1. The van der Waals surface area contributed by atoms with E-state index in [1.807, 2.05) is 24.3 Å². The Labute approximate surface area is 141 Å². The molecule has 0 atom stereocenters. The predicted molar refractivity (Wildman–Crippen MR) is 93.8 cm³/mol. The van der Waals surface area contributed by atoms with Gasteiger partial charge in [0.1, 0.15) is 5.75 Å². The zero-order valence-corrected chi connectivity index (χ0v) is 14.6. The molecular weight excluding hydrogens is 328 g/mol. The van der Waals surface area contributed by atoms with Gasteiger partial charge in [0.15, 0.2) is 0 Å². The van der Waals surface area contributed by atoms with Crippen LogP contribution in [0.25, 0.3) is 0 Å². The Morgan fingerprint density at radius 1 is 1.17 bits per heavy atom. The minimum Gasteiger partial charge on any atom is -0.496 e. The second-order valence-electron chi connectivity index (χ2n) is 5.40. The van der Waals surface area contributed by atoms with E-state index in [2.05, 4.69) is 10.0 Å². The molecule has 0 aliphatic heterocycles. The number of ether oxygens (including phenoxy) is 1. The fourth-order valence-corrected chi connectivity index (χ4v) is 2.82. The van der Waals surface area contributed by atoms with E-state index in [-0.39, 0.29) is 5.91 Å². The smallest absolute Gasteiger partial charge is 0.251 e. The van der Waals surface area contributed by atoms with E-state index in [1.54, 1.807) is 26.2 Å². The van der Waals surface area contributed by atoms with Crippen molar-refractivity contribution in [1.82, 2.24) is 5.32 Å². The Hall–Kier alpha value is -2.54. The van der Waals surface area contributed by atoms with Gasteiger partial charge in [0.05, 0.1) is 19.1 Å². The van der Waals surface area contributed by atoms with Crippen LogP contribution in [0.1, 0.15) is 21.5 Å². The Bertz CT molecular complexity index is 847. The number of carbonyl (C=O) groups is 1. The van der Waals surface area contributed by atoms with Gasteiger partial charge < -0.3 is 10.1 Å². The van der Waals surface area contributed by atoms with Crippen molar-refractivity contribution in [2.24, 2.45) is 0 Å². The Kier molecular flexibility index (Phi) is 5.46. The van der Waals surface area contributed by atoms with E-state index < -0.39 is 10.0 Å². The summed E-state index contributed by atoms with van der Waals surface area (Å²) in [6, 6.07) is 12.3. The van der Waals surface area contributed by atoms with Crippen LogP contribution in [0.3, 0.4) is 0 Å². The number of anilines is 1. The van der Waals surface area contributed by atoms with Gasteiger partial charge in [-0.2, -0.15) is 0 Å². The summed E-state index contributed by atoms with van der Waals surface area (Å²) in [5, 5.41) is 2.80. The summed E-state index contributed by atoms with van der Waals surface area (Å²) < 4.78 is 30.4. The Morgan fingerprint density at radius 3 is 2.54 bits per heavy atom. The van der Waals surface area contributed by atoms with E-state index in [1.165, 1.54) is 6.07 Å². The predicted octanol–water partition coefficient (Wildman–Crippen LogP) is 2.31. The third kappa shape index (κ3) is 4.73. The van der Waals surface area contributed by atoms with Crippen LogP contribution in [0.2, 0.25) is 0 Å². The minimum absolute atomic E-state index is 0.294. The lowest BCUT2D eigenvalue weighted by Crippen LogP contribution is -2.23. The van der Waals surface area contributed by atoms with Crippen LogP contribution in [0.15, 0.2) is 42.5 Å². The van der Waals surface area contributed by atoms with E-state index in [0.29, 0.717) is 23.5 Å². The van der Waals surface area contributed by atoms with Crippen LogP contribution in [-0.4, -0.2) is 27.7 Å². The molecule has 2 aromatic rings. The Balaban J connectivity index is 2.14. The zero-order valence-electron chi connectivity index (χ0n) is 13.8. The molecule has 24 heavy (non-hydrogen) atoms. The number of methoxy groups -OCH3 is 1. The first-order valence-electron chi connectivity index (χ1n) is 7.28. The van der Waals surface area contributed by atoms with Gasteiger partial charge in [0.25, 0.3) is 5.91 Å². The van der Waals surface area contributed by atoms with Gasteiger partial charge in [-0.05, 0) is 30.7 Å². The number of carbonyl (C=O) groups excluding carboxylic acids is 1. The van der Waals surface area contributed by atoms with Crippen molar-refractivity contribution in [1.29, 1.82) is 0 Å². The van der Waals surface area contributed by atoms with Gasteiger partial charge in [-0.25, -0.2) is 8.42 Å². The molecular formula is C17H20N2O4S. The van der Waals surface area contributed by atoms with Crippen molar-refractivity contribution >= 4 is 21.6 Å². The van der Waals surface area contributed by atoms with Gasteiger partial charge in [0, 0.05) is 17.7 Å². The normalized spacial score (nSPS) is 11.0. The summed E-state index contributed by atoms with van der Waals surface area (Å²) >= 11 is 0. The van der Waals surface area contributed by atoms with E-state index in [4.69, 9.17) is 4.74 Å². The molecule has 0 saturated carbocycles. The first-order valence-corrected chi connectivity index (χ1v) is 9.18. The number of sulfonamides is 1. The van der Waals surface area contributed by atoms with Crippen molar-refractivity contribution in [2.45, 2.75) is 13.5 Å².